The molecule has 5 heterocycles. The maximum absolute atomic E-state index is 6.45. The number of anilines is 1. The fourth-order valence-corrected chi connectivity index (χ4v) is 4.69. The van der Waals surface area contributed by atoms with Crippen LogP contribution >= 0.6 is 23.2 Å². The molecule has 2 fully saturated rings. The van der Waals surface area contributed by atoms with Crippen molar-refractivity contribution in [1.29, 1.82) is 0 Å². The Labute approximate surface area is 183 Å². The minimum absolute atomic E-state index is 0.0589. The van der Waals surface area contributed by atoms with Gasteiger partial charge in [-0.3, -0.25) is 9.38 Å². The van der Waals surface area contributed by atoms with Gasteiger partial charge in [-0.1, -0.05) is 23.2 Å². The highest BCUT2D eigenvalue weighted by Crippen LogP contribution is 2.42. The minimum Gasteiger partial charge on any atom is -0.449 e. The normalized spacial score (nSPS) is 23.4. The van der Waals surface area contributed by atoms with Gasteiger partial charge in [0.1, 0.15) is 5.02 Å². The standard InChI is InChI=1S/C20H22Cl2N6O2/c1-12-17(23)20(11-29-12)2-5-27(6-3-20)19-26-10-15(18-25-4-7-28(18)19)30-14-9-24-8-13(21)16(14)22/h4,7-10,12,17H,2-3,5-6,11,23H2,1H3/t12-,17+/m0/s1. The highest BCUT2D eigenvalue weighted by atomic mass is 35.5. The lowest BCUT2D eigenvalue weighted by Crippen LogP contribution is -2.51. The summed E-state index contributed by atoms with van der Waals surface area (Å²) in [6.45, 7) is 4.50. The first-order chi connectivity index (χ1) is 14.5. The Morgan fingerprint density at radius 2 is 1.97 bits per heavy atom. The van der Waals surface area contributed by atoms with Gasteiger partial charge < -0.3 is 20.1 Å². The van der Waals surface area contributed by atoms with Crippen LogP contribution in [-0.2, 0) is 4.74 Å². The smallest absolute Gasteiger partial charge is 0.211 e. The second-order valence-electron chi connectivity index (χ2n) is 7.97. The van der Waals surface area contributed by atoms with E-state index in [1.807, 2.05) is 10.6 Å². The zero-order valence-electron chi connectivity index (χ0n) is 16.5. The molecule has 0 amide bonds. The van der Waals surface area contributed by atoms with Crippen LogP contribution in [0.25, 0.3) is 5.65 Å². The van der Waals surface area contributed by atoms with Crippen molar-refractivity contribution in [2.75, 3.05) is 24.6 Å². The van der Waals surface area contributed by atoms with Crippen LogP contribution in [0.3, 0.4) is 0 Å². The van der Waals surface area contributed by atoms with Gasteiger partial charge >= 0.3 is 0 Å². The van der Waals surface area contributed by atoms with E-state index in [2.05, 4.69) is 26.8 Å². The predicted molar refractivity (Wildman–Crippen MR) is 115 cm³/mol. The molecular weight excluding hydrogens is 427 g/mol. The van der Waals surface area contributed by atoms with Crippen LogP contribution in [0, 0.1) is 5.41 Å². The molecule has 30 heavy (non-hydrogen) atoms. The number of imidazole rings is 1. The summed E-state index contributed by atoms with van der Waals surface area (Å²) in [5.74, 6) is 1.65. The molecule has 0 unspecified atom stereocenters. The van der Waals surface area contributed by atoms with Gasteiger partial charge in [-0.2, -0.15) is 0 Å². The predicted octanol–water partition coefficient (Wildman–Crippen LogP) is 3.56. The second-order valence-corrected chi connectivity index (χ2v) is 8.76. The van der Waals surface area contributed by atoms with Gasteiger partial charge in [0, 0.05) is 43.1 Å². The molecule has 0 aliphatic carbocycles. The number of aromatic nitrogens is 4. The van der Waals surface area contributed by atoms with Gasteiger partial charge in [0.05, 0.1) is 30.1 Å². The van der Waals surface area contributed by atoms with Crippen LogP contribution < -0.4 is 15.4 Å². The lowest BCUT2D eigenvalue weighted by molar-refractivity contribution is 0.0973. The maximum atomic E-state index is 6.45. The molecule has 2 aliphatic rings. The first-order valence-corrected chi connectivity index (χ1v) is 10.7. The van der Waals surface area contributed by atoms with Crippen molar-refractivity contribution in [3.63, 3.8) is 0 Å². The summed E-state index contributed by atoms with van der Waals surface area (Å²) in [5, 5.41) is 0.620. The summed E-state index contributed by atoms with van der Waals surface area (Å²) in [6, 6.07) is 0.0766. The molecule has 10 heteroatoms. The van der Waals surface area contributed by atoms with Crippen molar-refractivity contribution in [2.24, 2.45) is 11.1 Å². The molecule has 3 aromatic rings. The molecule has 8 nitrogen and oxygen atoms in total. The average Bonchev–Trinajstić information content (AvgIpc) is 3.35. The molecule has 0 aromatic carbocycles. The molecule has 2 N–H and O–H groups in total. The third kappa shape index (κ3) is 3.19. The molecule has 2 atom stereocenters. The SMILES string of the molecule is C[C@@H]1OCC2(CCN(c3ncc(Oc4cncc(Cl)c4Cl)c4nccn34)CC2)[C@@H]1N. The van der Waals surface area contributed by atoms with Gasteiger partial charge in [0.2, 0.25) is 5.95 Å². The summed E-state index contributed by atoms with van der Waals surface area (Å²) < 4.78 is 13.7. The third-order valence-electron chi connectivity index (χ3n) is 6.29. The zero-order chi connectivity index (χ0) is 20.9. The first kappa shape index (κ1) is 19.8. The maximum Gasteiger partial charge on any atom is 0.211 e. The number of hydrogen-bond acceptors (Lipinski definition) is 7. The Hall–Kier alpha value is -2.13. The quantitative estimate of drug-likeness (QED) is 0.654. The topological polar surface area (TPSA) is 90.8 Å². The molecule has 0 saturated carbocycles. The number of hydrogen-bond donors (Lipinski definition) is 1. The molecule has 2 aliphatic heterocycles. The number of nitrogens with zero attached hydrogens (tertiary/aromatic N) is 5. The monoisotopic (exact) mass is 448 g/mol. The first-order valence-electron chi connectivity index (χ1n) is 9.89. The molecule has 2 saturated heterocycles. The second kappa shape index (κ2) is 7.53. The summed E-state index contributed by atoms with van der Waals surface area (Å²) in [4.78, 5) is 15.4. The van der Waals surface area contributed by atoms with E-state index < -0.39 is 0 Å². The Kier molecular flexibility index (Phi) is 4.97. The van der Waals surface area contributed by atoms with Crippen LogP contribution in [0.2, 0.25) is 10.0 Å². The third-order valence-corrected chi connectivity index (χ3v) is 7.06. The van der Waals surface area contributed by atoms with Gasteiger partial charge in [-0.25, -0.2) is 9.97 Å². The van der Waals surface area contributed by atoms with Crippen LogP contribution in [0.5, 0.6) is 11.5 Å². The van der Waals surface area contributed by atoms with E-state index in [9.17, 15) is 0 Å². The van der Waals surface area contributed by atoms with Gasteiger partial charge in [0.25, 0.3) is 0 Å². The van der Waals surface area contributed by atoms with Crippen molar-refractivity contribution in [1.82, 2.24) is 19.4 Å². The number of halogens is 2. The number of fused-ring (bicyclic) bond motifs is 1. The molecule has 1 spiro atoms. The Morgan fingerprint density at radius 1 is 1.17 bits per heavy atom. The van der Waals surface area contributed by atoms with Crippen molar-refractivity contribution in [3.8, 4) is 11.5 Å². The summed E-state index contributed by atoms with van der Waals surface area (Å²) >= 11 is 12.3. The van der Waals surface area contributed by atoms with E-state index in [-0.39, 0.29) is 17.6 Å². The number of nitrogens with two attached hydrogens (primary N) is 1. The summed E-state index contributed by atoms with van der Waals surface area (Å²) in [7, 11) is 0. The molecule has 3 aromatic heterocycles. The van der Waals surface area contributed by atoms with E-state index in [1.54, 1.807) is 12.4 Å². The van der Waals surface area contributed by atoms with Crippen molar-refractivity contribution in [3.05, 3.63) is 41.0 Å². The molecule has 5 rings (SSSR count). The molecular formula is C20H22Cl2N6O2. The number of rotatable bonds is 3. The van der Waals surface area contributed by atoms with Crippen molar-refractivity contribution < 1.29 is 9.47 Å². The summed E-state index contributed by atoms with van der Waals surface area (Å²) in [6.07, 6.45) is 10.3. The number of piperidine rings is 1. The van der Waals surface area contributed by atoms with Crippen molar-refractivity contribution >= 4 is 34.8 Å². The minimum atomic E-state index is 0.0589. The molecule has 158 valence electrons. The van der Waals surface area contributed by atoms with Gasteiger partial charge in [0.15, 0.2) is 17.1 Å². The van der Waals surface area contributed by atoms with Gasteiger partial charge in [-0.05, 0) is 19.8 Å². The van der Waals surface area contributed by atoms with E-state index in [1.165, 1.54) is 12.4 Å². The van der Waals surface area contributed by atoms with Crippen LogP contribution in [0.4, 0.5) is 5.95 Å². The molecule has 0 bridgehead atoms. The fourth-order valence-electron chi connectivity index (χ4n) is 4.41. The Bertz CT molecular complexity index is 1080. The fraction of sp³-hybridized carbons (Fsp3) is 0.450. The molecule has 0 radical (unpaired) electrons. The van der Waals surface area contributed by atoms with Crippen molar-refractivity contribution in [2.45, 2.75) is 31.9 Å². The van der Waals surface area contributed by atoms with Crippen LogP contribution in [0.1, 0.15) is 19.8 Å². The number of pyridine rings is 1. The Morgan fingerprint density at radius 3 is 2.70 bits per heavy atom. The number of ether oxygens (including phenoxy) is 2. The largest absolute Gasteiger partial charge is 0.449 e. The van der Waals surface area contributed by atoms with Gasteiger partial charge in [-0.15, -0.1) is 0 Å². The van der Waals surface area contributed by atoms with Crippen LogP contribution in [-0.4, -0.2) is 51.2 Å². The lowest BCUT2D eigenvalue weighted by atomic mass is 9.73. The highest BCUT2D eigenvalue weighted by molar-refractivity contribution is 6.42. The zero-order valence-corrected chi connectivity index (χ0v) is 18.0. The van der Waals surface area contributed by atoms with E-state index >= 15 is 0 Å². The average molecular weight is 449 g/mol. The highest BCUT2D eigenvalue weighted by Gasteiger charge is 2.47. The lowest BCUT2D eigenvalue weighted by Gasteiger charge is -2.41. The Balaban J connectivity index is 1.40. The summed E-state index contributed by atoms with van der Waals surface area (Å²) in [5.41, 5.74) is 7.15. The van der Waals surface area contributed by atoms with E-state index in [0.717, 1.165) is 38.5 Å². The van der Waals surface area contributed by atoms with E-state index in [0.29, 0.717) is 27.2 Å². The van der Waals surface area contributed by atoms with E-state index in [4.69, 9.17) is 38.4 Å². The van der Waals surface area contributed by atoms with Crippen LogP contribution in [0.15, 0.2) is 31.0 Å².